The van der Waals surface area contributed by atoms with Crippen molar-refractivity contribution in [2.24, 2.45) is 5.41 Å². The van der Waals surface area contributed by atoms with E-state index in [9.17, 15) is 9.59 Å². The average Bonchev–Trinajstić information content (AvgIpc) is 2.93. The van der Waals surface area contributed by atoms with Crippen LogP contribution in [0.3, 0.4) is 0 Å². The molecule has 1 aromatic carbocycles. The van der Waals surface area contributed by atoms with Gasteiger partial charge in [-0.2, -0.15) is 0 Å². The molecule has 6 heteroatoms. The van der Waals surface area contributed by atoms with Crippen molar-refractivity contribution in [3.8, 4) is 0 Å². The molecule has 1 amide bonds. The third-order valence-electron chi connectivity index (χ3n) is 5.10. The first-order valence-electron chi connectivity index (χ1n) is 8.94. The number of carbonyl (C=O) groups excluding carboxylic acids is 2. The monoisotopic (exact) mass is 444 g/mol. The van der Waals surface area contributed by atoms with Crippen LogP contribution < -0.4 is 10.2 Å². The fourth-order valence-corrected chi connectivity index (χ4v) is 5.60. The number of allylic oxidation sites excluding steroid dienone is 1. The molecule has 1 atom stereocenters. The van der Waals surface area contributed by atoms with E-state index < -0.39 is 6.04 Å². The predicted octanol–water partition coefficient (Wildman–Crippen LogP) is 5.67. The van der Waals surface area contributed by atoms with E-state index in [1.807, 2.05) is 36.4 Å². The minimum absolute atomic E-state index is 0.0786. The first kappa shape index (κ1) is 18.4. The first-order chi connectivity index (χ1) is 12.8. The topological polar surface area (TPSA) is 49.4 Å². The highest BCUT2D eigenvalue weighted by Crippen LogP contribution is 2.49. The number of fused-ring (bicyclic) bond motifs is 1. The Balaban J connectivity index is 2.00. The third kappa shape index (κ3) is 3.25. The van der Waals surface area contributed by atoms with E-state index in [0.717, 1.165) is 37.7 Å². The van der Waals surface area contributed by atoms with Gasteiger partial charge in [0.05, 0.1) is 15.2 Å². The smallest absolute Gasteiger partial charge is 0.224 e. The van der Waals surface area contributed by atoms with Gasteiger partial charge in [0.2, 0.25) is 5.91 Å². The number of ketones is 1. The molecule has 0 unspecified atom stereocenters. The van der Waals surface area contributed by atoms with E-state index in [1.165, 1.54) is 0 Å². The fourth-order valence-electron chi connectivity index (χ4n) is 4.08. The minimum Gasteiger partial charge on any atom is -0.357 e. The maximum atomic E-state index is 13.3. The largest absolute Gasteiger partial charge is 0.357 e. The van der Waals surface area contributed by atoms with Crippen LogP contribution in [0.5, 0.6) is 0 Å². The maximum Gasteiger partial charge on any atom is 0.224 e. The minimum atomic E-state index is -0.409. The number of amides is 1. The van der Waals surface area contributed by atoms with Crippen LogP contribution >= 0.6 is 27.3 Å². The second-order valence-corrected chi connectivity index (χ2v) is 10.4. The van der Waals surface area contributed by atoms with Crippen molar-refractivity contribution in [2.45, 2.75) is 39.7 Å². The lowest BCUT2D eigenvalue weighted by atomic mass is 9.74. The van der Waals surface area contributed by atoms with Gasteiger partial charge in [0.1, 0.15) is 6.04 Å². The number of carbonyl (C=O) groups is 2. The van der Waals surface area contributed by atoms with E-state index in [4.69, 9.17) is 0 Å². The van der Waals surface area contributed by atoms with Crippen LogP contribution in [0, 0.1) is 5.41 Å². The van der Waals surface area contributed by atoms with Crippen LogP contribution in [0.15, 0.2) is 51.5 Å². The second kappa shape index (κ2) is 6.60. The maximum absolute atomic E-state index is 13.3. The van der Waals surface area contributed by atoms with Crippen molar-refractivity contribution in [2.75, 3.05) is 10.2 Å². The van der Waals surface area contributed by atoms with Crippen molar-refractivity contribution in [1.29, 1.82) is 0 Å². The highest BCUT2D eigenvalue weighted by molar-refractivity contribution is 9.11. The Labute approximate surface area is 171 Å². The molecule has 0 fully saturated rings. The van der Waals surface area contributed by atoms with Gasteiger partial charge in [0.15, 0.2) is 5.78 Å². The fraction of sp³-hybridized carbons (Fsp3) is 0.333. The molecule has 2 heterocycles. The normalized spacial score (nSPS) is 21.3. The molecule has 27 heavy (non-hydrogen) atoms. The lowest BCUT2D eigenvalue weighted by Crippen LogP contribution is -2.38. The number of thiophene rings is 1. The van der Waals surface area contributed by atoms with Crippen LogP contribution in [0.1, 0.15) is 44.5 Å². The number of anilines is 2. The summed E-state index contributed by atoms with van der Waals surface area (Å²) >= 11 is 5.09. The Morgan fingerprint density at radius 3 is 2.63 bits per heavy atom. The summed E-state index contributed by atoms with van der Waals surface area (Å²) in [6, 6.07) is 11.3. The molecule has 1 aromatic heterocycles. The average molecular weight is 445 g/mol. The number of nitrogens with zero attached hydrogens (tertiary/aromatic N) is 1. The molecule has 0 radical (unpaired) electrons. The van der Waals surface area contributed by atoms with Crippen molar-refractivity contribution >= 4 is 50.3 Å². The van der Waals surface area contributed by atoms with Crippen LogP contribution in [-0.4, -0.2) is 11.7 Å². The predicted molar refractivity (Wildman–Crippen MR) is 113 cm³/mol. The zero-order valence-corrected chi connectivity index (χ0v) is 17.9. The van der Waals surface area contributed by atoms with Gasteiger partial charge in [-0.05, 0) is 52.0 Å². The van der Waals surface area contributed by atoms with Gasteiger partial charge in [-0.25, -0.2) is 0 Å². The van der Waals surface area contributed by atoms with E-state index in [1.54, 1.807) is 23.2 Å². The number of hydrogen-bond donors (Lipinski definition) is 1. The van der Waals surface area contributed by atoms with Gasteiger partial charge in [-0.15, -0.1) is 11.3 Å². The molecule has 140 valence electrons. The summed E-state index contributed by atoms with van der Waals surface area (Å²) in [6.07, 6.45) is 1.26. The molecule has 1 aliphatic carbocycles. The summed E-state index contributed by atoms with van der Waals surface area (Å²) in [7, 11) is 0. The van der Waals surface area contributed by atoms with E-state index in [2.05, 4.69) is 35.1 Å². The summed E-state index contributed by atoms with van der Waals surface area (Å²) in [6.45, 7) is 5.80. The summed E-state index contributed by atoms with van der Waals surface area (Å²) in [4.78, 5) is 28.8. The van der Waals surface area contributed by atoms with Gasteiger partial charge in [0.25, 0.3) is 0 Å². The second-order valence-electron chi connectivity index (χ2n) is 7.91. The molecule has 2 aliphatic rings. The Bertz CT molecular complexity index is 976. The quantitative estimate of drug-likeness (QED) is 0.615. The van der Waals surface area contributed by atoms with E-state index >= 15 is 0 Å². The van der Waals surface area contributed by atoms with Crippen LogP contribution in [0.2, 0.25) is 0 Å². The molecular weight excluding hydrogens is 424 g/mol. The molecule has 0 saturated heterocycles. The lowest BCUT2D eigenvalue weighted by Gasteiger charge is -2.36. The van der Waals surface area contributed by atoms with Crippen molar-refractivity contribution in [1.82, 2.24) is 0 Å². The Morgan fingerprint density at radius 2 is 1.96 bits per heavy atom. The summed E-state index contributed by atoms with van der Waals surface area (Å²) < 4.78 is 0.984. The van der Waals surface area contributed by atoms with Crippen LogP contribution in [-0.2, 0) is 9.59 Å². The number of halogens is 1. The Hall–Kier alpha value is -1.92. The number of Topliss-reactive ketones (excluding diaryl/α,β-unsaturated/α-hetero) is 1. The highest BCUT2D eigenvalue weighted by atomic mass is 79.9. The molecule has 4 rings (SSSR count). The Morgan fingerprint density at radius 1 is 1.22 bits per heavy atom. The van der Waals surface area contributed by atoms with Gasteiger partial charge in [-0.3, -0.25) is 14.5 Å². The zero-order chi connectivity index (χ0) is 19.3. The molecule has 0 bridgehead atoms. The number of rotatable bonds is 1. The number of benzene rings is 1. The molecule has 1 N–H and O–H groups in total. The summed E-state index contributed by atoms with van der Waals surface area (Å²) in [5, 5.41) is 3.50. The van der Waals surface area contributed by atoms with Crippen molar-refractivity contribution < 1.29 is 9.59 Å². The number of nitrogens with one attached hydrogen (secondary N) is 1. The molecule has 2 aromatic rings. The molecular formula is C21H21BrN2O2S. The third-order valence-corrected chi connectivity index (χ3v) is 6.78. The van der Waals surface area contributed by atoms with Crippen molar-refractivity contribution in [3.05, 3.63) is 56.3 Å². The first-order valence-corrected chi connectivity index (χ1v) is 10.5. The summed E-state index contributed by atoms with van der Waals surface area (Å²) in [5.41, 5.74) is 3.21. The molecule has 1 aliphatic heterocycles. The van der Waals surface area contributed by atoms with Gasteiger partial charge >= 0.3 is 0 Å². The van der Waals surface area contributed by atoms with Crippen LogP contribution in [0.25, 0.3) is 0 Å². The number of hydrogen-bond acceptors (Lipinski definition) is 4. The molecule has 4 nitrogen and oxygen atoms in total. The lowest BCUT2D eigenvalue weighted by molar-refractivity contribution is -0.118. The van der Waals surface area contributed by atoms with E-state index in [-0.39, 0.29) is 17.1 Å². The van der Waals surface area contributed by atoms with E-state index in [0.29, 0.717) is 6.42 Å². The standard InChI is InChI=1S/C21H21BrN2O2S/c1-12(25)24-15-7-5-4-6-13(15)23-14-10-21(2,3)11-16(26)19(14)20(24)17-8-9-18(22)27-17/h4-9,20,23H,10-11H2,1-3H3/t20-/m0/s1. The van der Waals surface area contributed by atoms with Gasteiger partial charge < -0.3 is 5.32 Å². The van der Waals surface area contributed by atoms with Gasteiger partial charge in [-0.1, -0.05) is 26.0 Å². The highest BCUT2D eigenvalue weighted by Gasteiger charge is 2.42. The Kier molecular flexibility index (Phi) is 4.51. The van der Waals surface area contributed by atoms with Crippen LogP contribution in [0.4, 0.5) is 11.4 Å². The SMILES string of the molecule is CC(=O)N1c2ccccc2NC2=C(C(=O)CC(C)(C)C2)[C@@H]1c1ccc(Br)s1. The number of para-hydroxylation sites is 2. The molecule has 0 saturated carbocycles. The van der Waals surface area contributed by atoms with Crippen molar-refractivity contribution in [3.63, 3.8) is 0 Å². The summed E-state index contributed by atoms with van der Waals surface area (Å²) in [5.74, 6) is 0.0347. The zero-order valence-electron chi connectivity index (χ0n) is 15.5. The molecule has 0 spiro atoms. The van der Waals surface area contributed by atoms with Gasteiger partial charge in [0, 0.05) is 29.5 Å².